The molecule has 1 N–H and O–H groups in total. The molecule has 0 unspecified atom stereocenters. The number of nitrogens with zero attached hydrogens (tertiary/aromatic N) is 2. The predicted octanol–water partition coefficient (Wildman–Crippen LogP) is 3.17. The van der Waals surface area contributed by atoms with Gasteiger partial charge in [0.1, 0.15) is 0 Å². The van der Waals surface area contributed by atoms with Gasteiger partial charge in [0.05, 0.1) is 10.6 Å². The van der Waals surface area contributed by atoms with Crippen LogP contribution < -0.4 is 0 Å². The maximum absolute atomic E-state index is 10.6. The number of phenolic OH excluding ortho intramolecular Hbond substituents is 1. The number of hydrogen-bond donors (Lipinski definition) is 1. The predicted molar refractivity (Wildman–Crippen MR) is 72.7 cm³/mol. The maximum Gasteiger partial charge on any atom is 0.310 e. The Morgan fingerprint density at radius 1 is 1.26 bits per heavy atom. The molecule has 96 valence electrons. The fourth-order valence-corrected chi connectivity index (χ4v) is 1.64. The van der Waals surface area contributed by atoms with Crippen LogP contribution in [0, 0.1) is 17.0 Å². The first-order valence-electron chi connectivity index (χ1n) is 5.65. The number of pyridine rings is 1. The van der Waals surface area contributed by atoms with Crippen LogP contribution in [-0.4, -0.2) is 15.0 Å². The smallest absolute Gasteiger partial charge is 0.310 e. The molecule has 0 aliphatic carbocycles. The van der Waals surface area contributed by atoms with Gasteiger partial charge < -0.3 is 5.11 Å². The van der Waals surface area contributed by atoms with Crippen molar-refractivity contribution in [2.24, 2.45) is 0 Å². The van der Waals surface area contributed by atoms with E-state index in [1.807, 2.05) is 25.1 Å². The van der Waals surface area contributed by atoms with Gasteiger partial charge in [0.2, 0.25) is 0 Å². The van der Waals surface area contributed by atoms with Crippen molar-refractivity contribution < 1.29 is 10.0 Å². The first kappa shape index (κ1) is 12.8. The van der Waals surface area contributed by atoms with Crippen LogP contribution in [0.1, 0.15) is 17.0 Å². The first-order valence-corrected chi connectivity index (χ1v) is 5.65. The van der Waals surface area contributed by atoms with Crippen molar-refractivity contribution in [1.29, 1.82) is 0 Å². The number of phenols is 1. The van der Waals surface area contributed by atoms with Crippen LogP contribution in [0.4, 0.5) is 5.69 Å². The Labute approximate surface area is 110 Å². The molecule has 2 aromatic rings. The van der Waals surface area contributed by atoms with Gasteiger partial charge >= 0.3 is 5.69 Å². The normalized spacial score (nSPS) is 10.8. The molecule has 1 heterocycles. The van der Waals surface area contributed by atoms with E-state index in [1.165, 1.54) is 12.1 Å². The lowest BCUT2D eigenvalue weighted by Gasteiger charge is -1.98. The average molecular weight is 256 g/mol. The first-order chi connectivity index (χ1) is 9.06. The quantitative estimate of drug-likeness (QED) is 0.676. The Kier molecular flexibility index (Phi) is 3.56. The topological polar surface area (TPSA) is 76.3 Å². The molecule has 0 radical (unpaired) electrons. The van der Waals surface area contributed by atoms with Crippen LogP contribution in [-0.2, 0) is 0 Å². The SMILES string of the molecule is Cc1cccc(/C=C\c2ccc([N+](=O)[O-])c(O)c2)n1. The highest BCUT2D eigenvalue weighted by atomic mass is 16.6. The summed E-state index contributed by atoms with van der Waals surface area (Å²) >= 11 is 0. The summed E-state index contributed by atoms with van der Waals surface area (Å²) in [5, 5.41) is 20.1. The van der Waals surface area contributed by atoms with Crippen LogP contribution in [0.3, 0.4) is 0 Å². The van der Waals surface area contributed by atoms with E-state index in [9.17, 15) is 15.2 Å². The van der Waals surface area contributed by atoms with Crippen molar-refractivity contribution in [3.05, 3.63) is 63.5 Å². The van der Waals surface area contributed by atoms with Gasteiger partial charge in [0.15, 0.2) is 5.75 Å². The fraction of sp³-hybridized carbons (Fsp3) is 0.0714. The summed E-state index contributed by atoms with van der Waals surface area (Å²) in [5.74, 6) is -0.343. The summed E-state index contributed by atoms with van der Waals surface area (Å²) < 4.78 is 0. The molecule has 0 bridgehead atoms. The number of nitro benzene ring substituents is 1. The molecule has 19 heavy (non-hydrogen) atoms. The van der Waals surface area contributed by atoms with Gasteiger partial charge in [-0.3, -0.25) is 15.1 Å². The van der Waals surface area contributed by atoms with Crippen molar-refractivity contribution in [2.45, 2.75) is 6.92 Å². The molecule has 0 aliphatic rings. The largest absolute Gasteiger partial charge is 0.502 e. The van der Waals surface area contributed by atoms with Crippen molar-refractivity contribution in [2.75, 3.05) is 0 Å². The zero-order chi connectivity index (χ0) is 13.8. The Hall–Kier alpha value is -2.69. The van der Waals surface area contributed by atoms with E-state index < -0.39 is 4.92 Å². The molecule has 0 fully saturated rings. The third-order valence-electron chi connectivity index (χ3n) is 2.55. The number of aromatic hydroxyl groups is 1. The van der Waals surface area contributed by atoms with Crippen molar-refractivity contribution >= 4 is 17.8 Å². The number of aryl methyl sites for hydroxylation is 1. The summed E-state index contributed by atoms with van der Waals surface area (Å²) in [6, 6.07) is 9.85. The molecule has 5 nitrogen and oxygen atoms in total. The number of rotatable bonds is 3. The highest BCUT2D eigenvalue weighted by molar-refractivity contribution is 5.70. The van der Waals surface area contributed by atoms with Crippen LogP contribution in [0.5, 0.6) is 5.75 Å². The minimum absolute atomic E-state index is 0.300. The van der Waals surface area contributed by atoms with E-state index in [0.717, 1.165) is 11.4 Å². The van der Waals surface area contributed by atoms with E-state index in [0.29, 0.717) is 5.56 Å². The summed E-state index contributed by atoms with van der Waals surface area (Å²) in [4.78, 5) is 14.2. The van der Waals surface area contributed by atoms with Gasteiger partial charge in [0, 0.05) is 11.8 Å². The molecule has 1 aromatic carbocycles. The third kappa shape index (κ3) is 3.16. The van der Waals surface area contributed by atoms with E-state index in [-0.39, 0.29) is 11.4 Å². The van der Waals surface area contributed by atoms with Gasteiger partial charge in [-0.15, -0.1) is 0 Å². The van der Waals surface area contributed by atoms with Crippen LogP contribution >= 0.6 is 0 Å². The van der Waals surface area contributed by atoms with E-state index >= 15 is 0 Å². The second kappa shape index (κ2) is 5.30. The lowest BCUT2D eigenvalue weighted by molar-refractivity contribution is -0.385. The van der Waals surface area contributed by atoms with Crippen molar-refractivity contribution in [3.8, 4) is 5.75 Å². The third-order valence-corrected chi connectivity index (χ3v) is 2.55. The van der Waals surface area contributed by atoms with E-state index in [2.05, 4.69) is 4.98 Å². The molecule has 0 atom stereocenters. The molecule has 0 saturated heterocycles. The number of benzene rings is 1. The molecule has 0 saturated carbocycles. The minimum atomic E-state index is -0.620. The second-order valence-electron chi connectivity index (χ2n) is 4.04. The number of nitro groups is 1. The molecule has 5 heteroatoms. The van der Waals surface area contributed by atoms with Gasteiger partial charge in [0.25, 0.3) is 0 Å². The van der Waals surface area contributed by atoms with Gasteiger partial charge in [-0.25, -0.2) is 0 Å². The average Bonchev–Trinajstić information content (AvgIpc) is 2.36. The van der Waals surface area contributed by atoms with Crippen LogP contribution in [0.15, 0.2) is 36.4 Å². The summed E-state index contributed by atoms with van der Waals surface area (Å²) in [7, 11) is 0. The molecule has 0 amide bonds. The Morgan fingerprint density at radius 2 is 2.05 bits per heavy atom. The lowest BCUT2D eigenvalue weighted by Crippen LogP contribution is -1.88. The number of aromatic nitrogens is 1. The second-order valence-corrected chi connectivity index (χ2v) is 4.04. The van der Waals surface area contributed by atoms with Gasteiger partial charge in [-0.05, 0) is 42.8 Å². The highest BCUT2D eigenvalue weighted by Crippen LogP contribution is 2.26. The molecular weight excluding hydrogens is 244 g/mol. The summed E-state index contributed by atoms with van der Waals surface area (Å²) in [6.07, 6.45) is 3.53. The van der Waals surface area contributed by atoms with E-state index in [1.54, 1.807) is 18.2 Å². The molecule has 2 rings (SSSR count). The molecular formula is C14H12N2O3. The van der Waals surface area contributed by atoms with Gasteiger partial charge in [-0.2, -0.15) is 0 Å². The minimum Gasteiger partial charge on any atom is -0.502 e. The maximum atomic E-state index is 10.6. The van der Waals surface area contributed by atoms with Crippen molar-refractivity contribution in [3.63, 3.8) is 0 Å². The molecule has 0 aliphatic heterocycles. The fourth-order valence-electron chi connectivity index (χ4n) is 1.64. The van der Waals surface area contributed by atoms with E-state index in [4.69, 9.17) is 0 Å². The summed E-state index contributed by atoms with van der Waals surface area (Å²) in [5.41, 5.74) is 2.07. The standard InChI is InChI=1S/C14H12N2O3/c1-10-3-2-4-12(15-10)7-5-11-6-8-13(16(18)19)14(17)9-11/h2-9,17H,1H3/b7-5-. The van der Waals surface area contributed by atoms with Gasteiger partial charge in [-0.1, -0.05) is 12.1 Å². The molecule has 1 aromatic heterocycles. The zero-order valence-corrected chi connectivity index (χ0v) is 10.3. The molecule has 0 spiro atoms. The Morgan fingerprint density at radius 3 is 2.68 bits per heavy atom. The Balaban J connectivity index is 2.24. The lowest BCUT2D eigenvalue weighted by atomic mass is 10.1. The summed E-state index contributed by atoms with van der Waals surface area (Å²) in [6.45, 7) is 1.90. The van der Waals surface area contributed by atoms with Crippen molar-refractivity contribution in [1.82, 2.24) is 4.98 Å². The highest BCUT2D eigenvalue weighted by Gasteiger charge is 2.11. The number of hydrogen-bond acceptors (Lipinski definition) is 4. The van der Waals surface area contributed by atoms with Crippen LogP contribution in [0.25, 0.3) is 12.2 Å². The van der Waals surface area contributed by atoms with Crippen LogP contribution in [0.2, 0.25) is 0 Å². The Bertz CT molecular complexity index is 651. The monoisotopic (exact) mass is 256 g/mol. The zero-order valence-electron chi connectivity index (χ0n) is 10.3.